The molecule has 36 heavy (non-hydrogen) atoms. The number of pyridine rings is 1. The maximum absolute atomic E-state index is 13.0. The van der Waals surface area contributed by atoms with Crippen molar-refractivity contribution in [3.63, 3.8) is 0 Å². The molecule has 0 radical (unpaired) electrons. The lowest BCUT2D eigenvalue weighted by Crippen LogP contribution is -2.51. The zero-order valence-corrected chi connectivity index (χ0v) is 20.1. The first-order chi connectivity index (χ1) is 17.3. The summed E-state index contributed by atoms with van der Waals surface area (Å²) in [5, 5.41) is 21.6. The van der Waals surface area contributed by atoms with Crippen LogP contribution in [0.5, 0.6) is 0 Å². The van der Waals surface area contributed by atoms with E-state index < -0.39 is 34.0 Å². The van der Waals surface area contributed by atoms with Gasteiger partial charge in [-0.15, -0.1) is 0 Å². The largest absolute Gasteiger partial charge is 0.480 e. The van der Waals surface area contributed by atoms with Gasteiger partial charge < -0.3 is 10.4 Å². The van der Waals surface area contributed by atoms with Crippen LogP contribution in [0.1, 0.15) is 24.0 Å². The molecule has 0 bridgehead atoms. The van der Waals surface area contributed by atoms with E-state index in [-0.39, 0.29) is 17.9 Å². The zero-order chi connectivity index (χ0) is 25.7. The minimum Gasteiger partial charge on any atom is -0.480 e. The summed E-state index contributed by atoms with van der Waals surface area (Å²) in [6, 6.07) is 17.1. The summed E-state index contributed by atoms with van der Waals surface area (Å²) >= 11 is 0. The third-order valence-corrected chi connectivity index (χ3v) is 8.01. The van der Waals surface area contributed by atoms with Crippen molar-refractivity contribution in [2.45, 2.75) is 36.2 Å². The Labute approximate surface area is 209 Å². The summed E-state index contributed by atoms with van der Waals surface area (Å²) in [5.74, 6) is -1.87. The van der Waals surface area contributed by atoms with E-state index >= 15 is 0 Å². The van der Waals surface area contributed by atoms with Crippen molar-refractivity contribution < 1.29 is 23.1 Å². The molecule has 2 heterocycles. The topological polar surface area (TPSA) is 140 Å². The SMILES string of the molecule is N#Cc1ccccc1-c1ccc(C[C@H](NC(=O)[C@@H]2CCCN2S(=O)(=O)c2cccnc2)C(=O)O)cc1. The van der Waals surface area contributed by atoms with Crippen LogP contribution in [0.2, 0.25) is 0 Å². The van der Waals surface area contributed by atoms with Gasteiger partial charge in [0.15, 0.2) is 0 Å². The minimum atomic E-state index is -3.95. The van der Waals surface area contributed by atoms with Gasteiger partial charge in [-0.2, -0.15) is 9.57 Å². The van der Waals surface area contributed by atoms with Crippen molar-refractivity contribution in [3.05, 3.63) is 84.2 Å². The Kier molecular flexibility index (Phi) is 7.43. The van der Waals surface area contributed by atoms with E-state index in [1.807, 2.05) is 12.1 Å². The van der Waals surface area contributed by atoms with Crippen molar-refractivity contribution in [3.8, 4) is 17.2 Å². The fraction of sp³-hybridized carbons (Fsp3) is 0.231. The summed E-state index contributed by atoms with van der Waals surface area (Å²) in [7, 11) is -3.95. The van der Waals surface area contributed by atoms with E-state index in [1.165, 1.54) is 24.5 Å². The lowest BCUT2D eigenvalue weighted by Gasteiger charge is -2.25. The molecule has 2 aromatic carbocycles. The Morgan fingerprint density at radius 3 is 2.56 bits per heavy atom. The third-order valence-electron chi connectivity index (χ3n) is 6.11. The van der Waals surface area contributed by atoms with E-state index in [1.54, 1.807) is 36.4 Å². The van der Waals surface area contributed by atoms with Gasteiger partial charge in [0.25, 0.3) is 0 Å². The Balaban J connectivity index is 1.48. The van der Waals surface area contributed by atoms with Crippen LogP contribution < -0.4 is 5.32 Å². The minimum absolute atomic E-state index is 0.0162. The number of hydrogen-bond acceptors (Lipinski definition) is 6. The molecule has 2 atom stereocenters. The third kappa shape index (κ3) is 5.27. The van der Waals surface area contributed by atoms with Crippen molar-refractivity contribution in [1.82, 2.24) is 14.6 Å². The van der Waals surface area contributed by atoms with Crippen molar-refractivity contribution >= 4 is 21.9 Å². The molecule has 0 aliphatic carbocycles. The van der Waals surface area contributed by atoms with Crippen molar-refractivity contribution in [2.24, 2.45) is 0 Å². The average molecular weight is 505 g/mol. The molecule has 9 nitrogen and oxygen atoms in total. The first-order valence-corrected chi connectivity index (χ1v) is 12.8. The molecule has 184 valence electrons. The first-order valence-electron chi connectivity index (χ1n) is 11.3. The summed E-state index contributed by atoms with van der Waals surface area (Å²) in [6.45, 7) is 0.165. The van der Waals surface area contributed by atoms with Crippen molar-refractivity contribution in [1.29, 1.82) is 5.26 Å². The van der Waals surface area contributed by atoms with Gasteiger partial charge in [0.2, 0.25) is 15.9 Å². The highest BCUT2D eigenvalue weighted by Crippen LogP contribution is 2.26. The lowest BCUT2D eigenvalue weighted by molar-refractivity contribution is -0.142. The Morgan fingerprint density at radius 2 is 1.89 bits per heavy atom. The molecule has 1 saturated heterocycles. The number of carbonyl (C=O) groups excluding carboxylic acids is 1. The number of carboxylic acids is 1. The molecule has 2 N–H and O–H groups in total. The molecule has 0 unspecified atom stereocenters. The molecule has 1 fully saturated rings. The monoisotopic (exact) mass is 504 g/mol. The van der Waals surface area contributed by atoms with Crippen LogP contribution in [0, 0.1) is 11.3 Å². The molecule has 1 amide bonds. The van der Waals surface area contributed by atoms with Crippen LogP contribution in [-0.2, 0) is 26.0 Å². The normalized spacial score (nSPS) is 16.7. The molecule has 1 aliphatic rings. The number of carbonyl (C=O) groups is 2. The number of rotatable bonds is 8. The Morgan fingerprint density at radius 1 is 1.14 bits per heavy atom. The highest BCUT2D eigenvalue weighted by Gasteiger charge is 2.40. The van der Waals surface area contributed by atoms with Gasteiger partial charge in [-0.3, -0.25) is 9.78 Å². The van der Waals surface area contributed by atoms with Crippen LogP contribution in [0.15, 0.2) is 78.0 Å². The van der Waals surface area contributed by atoms with Gasteiger partial charge in [0.1, 0.15) is 17.0 Å². The smallest absolute Gasteiger partial charge is 0.326 e. The van der Waals surface area contributed by atoms with Crippen molar-refractivity contribution in [2.75, 3.05) is 6.54 Å². The quantitative estimate of drug-likeness (QED) is 0.480. The van der Waals surface area contributed by atoms with Crippen LogP contribution in [0.3, 0.4) is 0 Å². The molecule has 0 saturated carbocycles. The van der Waals surface area contributed by atoms with Crippen LogP contribution in [0.25, 0.3) is 11.1 Å². The highest BCUT2D eigenvalue weighted by atomic mass is 32.2. The summed E-state index contributed by atoms with van der Waals surface area (Å²) in [4.78, 5) is 28.8. The molecule has 1 aliphatic heterocycles. The molecular weight excluding hydrogens is 480 g/mol. The van der Waals surface area contributed by atoms with E-state index in [4.69, 9.17) is 0 Å². The number of nitriles is 1. The number of hydrogen-bond donors (Lipinski definition) is 2. The summed E-state index contributed by atoms with van der Waals surface area (Å²) < 4.78 is 27.2. The van der Waals surface area contributed by atoms with E-state index in [2.05, 4.69) is 16.4 Å². The molecule has 0 spiro atoms. The number of benzene rings is 2. The van der Waals surface area contributed by atoms with Gasteiger partial charge in [-0.05, 0) is 47.7 Å². The first kappa shape index (κ1) is 25.0. The number of amides is 1. The number of aliphatic carboxylic acids is 1. The predicted molar refractivity (Wildman–Crippen MR) is 131 cm³/mol. The predicted octanol–water partition coefficient (Wildman–Crippen LogP) is 2.59. The standard InChI is InChI=1S/C26H24N4O5S/c27-16-20-5-1-2-7-22(20)19-11-9-18(10-12-19)15-23(26(32)33)29-25(31)24-8-4-14-30(24)36(34,35)21-6-3-13-28-17-21/h1-3,5-7,9-13,17,23-24H,4,8,14-15H2,(H,29,31)(H,32,33)/t23-,24-/m0/s1. The van der Waals surface area contributed by atoms with Gasteiger partial charge >= 0.3 is 5.97 Å². The average Bonchev–Trinajstić information content (AvgIpc) is 3.40. The maximum Gasteiger partial charge on any atom is 0.326 e. The second kappa shape index (κ2) is 10.7. The molecule has 4 rings (SSSR count). The van der Waals surface area contributed by atoms with Gasteiger partial charge in [-0.1, -0.05) is 42.5 Å². The molecule has 3 aromatic rings. The zero-order valence-electron chi connectivity index (χ0n) is 19.2. The number of nitrogens with one attached hydrogen (secondary N) is 1. The molecule has 1 aromatic heterocycles. The van der Waals surface area contributed by atoms with E-state index in [0.717, 1.165) is 15.4 Å². The summed E-state index contributed by atoms with van der Waals surface area (Å²) in [5.41, 5.74) is 2.79. The lowest BCUT2D eigenvalue weighted by atomic mass is 9.97. The number of carboxylic acid groups (broad SMARTS) is 1. The van der Waals surface area contributed by atoms with Gasteiger partial charge in [0.05, 0.1) is 11.6 Å². The Hall–Kier alpha value is -4.07. The summed E-state index contributed by atoms with van der Waals surface area (Å²) in [6.07, 6.45) is 3.48. The van der Waals surface area contributed by atoms with Crippen LogP contribution >= 0.6 is 0 Å². The van der Waals surface area contributed by atoms with E-state index in [0.29, 0.717) is 24.0 Å². The second-order valence-electron chi connectivity index (χ2n) is 8.42. The fourth-order valence-corrected chi connectivity index (χ4v) is 5.90. The van der Waals surface area contributed by atoms with Crippen LogP contribution in [0.4, 0.5) is 0 Å². The Bertz CT molecular complexity index is 1400. The number of aromatic nitrogens is 1. The highest BCUT2D eigenvalue weighted by molar-refractivity contribution is 7.89. The molecular formula is C26H24N4O5S. The fourth-order valence-electron chi connectivity index (χ4n) is 4.28. The number of sulfonamides is 1. The molecule has 10 heteroatoms. The maximum atomic E-state index is 13.0. The second-order valence-corrected chi connectivity index (χ2v) is 10.3. The van der Waals surface area contributed by atoms with Gasteiger partial charge in [0, 0.05) is 25.4 Å². The van der Waals surface area contributed by atoms with Gasteiger partial charge in [-0.25, -0.2) is 13.2 Å². The number of nitrogens with zero attached hydrogens (tertiary/aromatic N) is 3. The van der Waals surface area contributed by atoms with E-state index in [9.17, 15) is 28.4 Å². The van der Waals surface area contributed by atoms with Crippen LogP contribution in [-0.4, -0.2) is 53.3 Å².